The first kappa shape index (κ1) is 12.8. The van der Waals surface area contributed by atoms with Crippen LogP contribution in [0.4, 0.5) is 11.4 Å². The number of hydrogen-bond donors (Lipinski definition) is 3. The van der Waals surface area contributed by atoms with Crippen molar-refractivity contribution >= 4 is 39.9 Å². The van der Waals surface area contributed by atoms with E-state index in [1.165, 1.54) is 6.20 Å². The predicted molar refractivity (Wildman–Crippen MR) is 79.2 cm³/mol. The van der Waals surface area contributed by atoms with Crippen molar-refractivity contribution in [2.45, 2.75) is 0 Å². The summed E-state index contributed by atoms with van der Waals surface area (Å²) in [7, 11) is 0. The quantitative estimate of drug-likeness (QED) is 0.449. The van der Waals surface area contributed by atoms with E-state index in [1.807, 2.05) is 24.3 Å². The number of anilines is 2. The first-order valence-electron chi connectivity index (χ1n) is 5.18. The Balaban J connectivity index is 2.22. The van der Waals surface area contributed by atoms with Gasteiger partial charge in [-0.25, -0.2) is 0 Å². The summed E-state index contributed by atoms with van der Waals surface area (Å²) < 4.78 is 1.05. The molecule has 0 spiro atoms. The molecule has 6 heteroatoms. The van der Waals surface area contributed by atoms with Crippen LogP contribution in [0.3, 0.4) is 0 Å². The average molecular weight is 354 g/mol. The number of hydrogen-bond acceptors (Lipinski definition) is 4. The van der Waals surface area contributed by atoms with Gasteiger partial charge in [-0.2, -0.15) is 0 Å². The van der Waals surface area contributed by atoms with Crippen LogP contribution in [0.25, 0.3) is 0 Å². The number of nitrogens with one attached hydrogen (secondary N) is 2. The van der Waals surface area contributed by atoms with Gasteiger partial charge in [0.05, 0.1) is 11.3 Å². The van der Waals surface area contributed by atoms with E-state index < -0.39 is 0 Å². The van der Waals surface area contributed by atoms with Crippen LogP contribution in [0, 0.1) is 3.57 Å². The number of nitrogens with two attached hydrogens (primary N) is 1. The zero-order valence-corrected chi connectivity index (χ0v) is 11.5. The summed E-state index contributed by atoms with van der Waals surface area (Å²) in [6.45, 7) is 0. The lowest BCUT2D eigenvalue weighted by Crippen LogP contribution is -2.17. The van der Waals surface area contributed by atoms with E-state index in [9.17, 15) is 4.79 Å². The minimum absolute atomic E-state index is 0.252. The SMILES string of the molecule is NNc1ccncc1C(=O)Nc1cccc(I)c1. The summed E-state index contributed by atoms with van der Waals surface area (Å²) in [6, 6.07) is 9.18. The number of amides is 1. The Kier molecular flexibility index (Phi) is 4.11. The monoisotopic (exact) mass is 354 g/mol. The molecular formula is C12H11IN4O. The van der Waals surface area contributed by atoms with Gasteiger partial charge < -0.3 is 10.7 Å². The molecule has 1 heterocycles. The Labute approximate surface area is 118 Å². The van der Waals surface area contributed by atoms with Gasteiger partial charge in [-0.15, -0.1) is 0 Å². The maximum atomic E-state index is 12.1. The van der Waals surface area contributed by atoms with Crippen molar-refractivity contribution in [1.29, 1.82) is 0 Å². The van der Waals surface area contributed by atoms with Gasteiger partial charge in [0.1, 0.15) is 0 Å². The van der Waals surface area contributed by atoms with E-state index in [-0.39, 0.29) is 5.91 Å². The molecule has 0 aliphatic carbocycles. The van der Waals surface area contributed by atoms with Crippen molar-refractivity contribution in [1.82, 2.24) is 4.98 Å². The average Bonchev–Trinajstić information content (AvgIpc) is 2.38. The van der Waals surface area contributed by atoms with Gasteiger partial charge in [0.25, 0.3) is 5.91 Å². The second-order valence-corrected chi connectivity index (χ2v) is 4.78. The normalized spacial score (nSPS) is 9.89. The molecule has 0 unspecified atom stereocenters. The van der Waals surface area contributed by atoms with Gasteiger partial charge in [-0.05, 0) is 46.9 Å². The highest BCUT2D eigenvalue weighted by molar-refractivity contribution is 14.1. The van der Waals surface area contributed by atoms with E-state index in [4.69, 9.17) is 5.84 Å². The van der Waals surface area contributed by atoms with Crippen molar-refractivity contribution in [2.75, 3.05) is 10.7 Å². The molecule has 0 saturated carbocycles. The van der Waals surface area contributed by atoms with Gasteiger partial charge in [0.2, 0.25) is 0 Å². The number of rotatable bonds is 3. The number of pyridine rings is 1. The summed E-state index contributed by atoms with van der Waals surface area (Å²) in [4.78, 5) is 16.0. The van der Waals surface area contributed by atoms with Crippen molar-refractivity contribution in [3.05, 3.63) is 51.9 Å². The van der Waals surface area contributed by atoms with Gasteiger partial charge in [-0.1, -0.05) is 6.07 Å². The number of benzene rings is 1. The molecule has 0 radical (unpaired) electrons. The van der Waals surface area contributed by atoms with Crippen LogP contribution in [0.5, 0.6) is 0 Å². The Morgan fingerprint density at radius 2 is 2.17 bits per heavy atom. The molecule has 0 saturated heterocycles. The molecule has 2 aromatic rings. The van der Waals surface area contributed by atoms with Crippen molar-refractivity contribution in [3.8, 4) is 0 Å². The number of hydrazine groups is 1. The lowest BCUT2D eigenvalue weighted by atomic mass is 10.2. The van der Waals surface area contributed by atoms with Crippen LogP contribution < -0.4 is 16.6 Å². The molecule has 5 nitrogen and oxygen atoms in total. The number of nitrogens with zero attached hydrogens (tertiary/aromatic N) is 1. The van der Waals surface area contributed by atoms with Crippen LogP contribution in [0.2, 0.25) is 0 Å². The largest absolute Gasteiger partial charge is 0.323 e. The maximum Gasteiger partial charge on any atom is 0.259 e. The van der Waals surface area contributed by atoms with E-state index in [2.05, 4.69) is 38.3 Å². The molecule has 0 aliphatic rings. The molecule has 1 aromatic heterocycles. The Morgan fingerprint density at radius 3 is 2.89 bits per heavy atom. The summed E-state index contributed by atoms with van der Waals surface area (Å²) in [6.07, 6.45) is 3.04. The van der Waals surface area contributed by atoms with Gasteiger partial charge >= 0.3 is 0 Å². The molecule has 92 valence electrons. The molecule has 1 amide bonds. The van der Waals surface area contributed by atoms with E-state index >= 15 is 0 Å². The molecular weight excluding hydrogens is 343 g/mol. The van der Waals surface area contributed by atoms with Crippen LogP contribution in [-0.4, -0.2) is 10.9 Å². The number of carbonyl (C=O) groups excluding carboxylic acids is 1. The standard InChI is InChI=1S/C12H11IN4O/c13-8-2-1-3-9(6-8)16-12(18)10-7-15-5-4-11(10)17-14/h1-7H,14H2,(H,15,17)(H,16,18). The molecule has 0 aliphatic heterocycles. The van der Waals surface area contributed by atoms with Crippen LogP contribution in [0.15, 0.2) is 42.7 Å². The lowest BCUT2D eigenvalue weighted by molar-refractivity contribution is 0.102. The van der Waals surface area contributed by atoms with Gasteiger partial charge in [-0.3, -0.25) is 15.6 Å². The van der Waals surface area contributed by atoms with E-state index in [1.54, 1.807) is 12.3 Å². The number of carbonyl (C=O) groups is 1. The number of aromatic nitrogens is 1. The van der Waals surface area contributed by atoms with Crippen molar-refractivity contribution < 1.29 is 4.79 Å². The molecule has 2 rings (SSSR count). The Morgan fingerprint density at radius 1 is 1.33 bits per heavy atom. The van der Waals surface area contributed by atoms with Crippen LogP contribution in [0.1, 0.15) is 10.4 Å². The fourth-order valence-corrected chi connectivity index (χ4v) is 2.01. The minimum Gasteiger partial charge on any atom is -0.323 e. The van der Waals surface area contributed by atoms with E-state index in [0.29, 0.717) is 11.3 Å². The highest BCUT2D eigenvalue weighted by Gasteiger charge is 2.11. The smallest absolute Gasteiger partial charge is 0.259 e. The van der Waals surface area contributed by atoms with Crippen molar-refractivity contribution in [2.24, 2.45) is 5.84 Å². The summed E-state index contributed by atoms with van der Waals surface area (Å²) in [5.41, 5.74) is 4.14. The Bertz CT molecular complexity index is 574. The van der Waals surface area contributed by atoms with Gasteiger partial charge in [0, 0.05) is 21.7 Å². The highest BCUT2D eigenvalue weighted by atomic mass is 127. The van der Waals surface area contributed by atoms with Crippen molar-refractivity contribution in [3.63, 3.8) is 0 Å². The maximum absolute atomic E-state index is 12.1. The molecule has 0 fully saturated rings. The number of nitrogen functional groups attached to an aromatic ring is 1. The molecule has 0 bridgehead atoms. The fourth-order valence-electron chi connectivity index (χ4n) is 1.47. The summed E-state index contributed by atoms with van der Waals surface area (Å²) >= 11 is 2.18. The van der Waals surface area contributed by atoms with Crippen LogP contribution in [-0.2, 0) is 0 Å². The molecule has 1 aromatic carbocycles. The minimum atomic E-state index is -0.252. The zero-order valence-electron chi connectivity index (χ0n) is 9.35. The topological polar surface area (TPSA) is 80.0 Å². The first-order valence-corrected chi connectivity index (χ1v) is 6.26. The first-order chi connectivity index (χ1) is 8.70. The molecule has 18 heavy (non-hydrogen) atoms. The van der Waals surface area contributed by atoms with Gasteiger partial charge in [0.15, 0.2) is 0 Å². The second kappa shape index (κ2) is 5.78. The molecule has 4 N–H and O–H groups in total. The third-order valence-electron chi connectivity index (χ3n) is 2.30. The zero-order chi connectivity index (χ0) is 13.0. The lowest BCUT2D eigenvalue weighted by Gasteiger charge is -2.09. The predicted octanol–water partition coefficient (Wildman–Crippen LogP) is 2.22. The second-order valence-electron chi connectivity index (χ2n) is 3.53. The Hall–Kier alpha value is -1.67. The number of halogens is 1. The fraction of sp³-hybridized carbons (Fsp3) is 0. The van der Waals surface area contributed by atoms with Crippen LogP contribution >= 0.6 is 22.6 Å². The summed E-state index contributed by atoms with van der Waals surface area (Å²) in [5, 5.41) is 2.79. The highest BCUT2D eigenvalue weighted by Crippen LogP contribution is 2.16. The molecule has 0 atom stereocenters. The summed E-state index contributed by atoms with van der Waals surface area (Å²) in [5.74, 6) is 5.10. The third-order valence-corrected chi connectivity index (χ3v) is 2.97. The third kappa shape index (κ3) is 2.96. The van der Waals surface area contributed by atoms with E-state index in [0.717, 1.165) is 9.26 Å².